The highest BCUT2D eigenvalue weighted by atomic mass is 35.6. The van der Waals surface area contributed by atoms with Crippen LogP contribution in [0.5, 0.6) is 0 Å². The van der Waals surface area contributed by atoms with Gasteiger partial charge in [0.05, 0.1) is 6.10 Å². The Morgan fingerprint density at radius 1 is 0.587 bits per heavy atom. The van der Waals surface area contributed by atoms with Crippen molar-refractivity contribution in [3.63, 3.8) is 0 Å². The summed E-state index contributed by atoms with van der Waals surface area (Å²) in [7, 11) is 0. The van der Waals surface area contributed by atoms with E-state index in [0.717, 1.165) is 41.5 Å². The fourth-order valence-electron chi connectivity index (χ4n) is 4.53. The van der Waals surface area contributed by atoms with Gasteiger partial charge in [-0.05, 0) is 6.92 Å². The third-order valence-corrected chi connectivity index (χ3v) is 6.58. The molecule has 20 heteroatoms. The minimum Gasteiger partial charge on any atom is -0.463 e. The third-order valence-electron chi connectivity index (χ3n) is 6.06. The summed E-state index contributed by atoms with van der Waals surface area (Å²) in [6, 6.07) is 0. The number of nitrogens with one attached hydrogen (secondary N) is 1. The van der Waals surface area contributed by atoms with Crippen LogP contribution < -0.4 is 0 Å². The third kappa shape index (κ3) is 11.4. The van der Waals surface area contributed by atoms with E-state index < -0.39 is 114 Å². The molecule has 2 rings (SSSR count). The zero-order chi connectivity index (χ0) is 35.1. The number of hydrogen-bond acceptors (Lipinski definition) is 17. The summed E-state index contributed by atoms with van der Waals surface area (Å²) in [4.78, 5) is 72.5. The van der Waals surface area contributed by atoms with E-state index in [2.05, 4.69) is 0 Å². The van der Waals surface area contributed by atoms with E-state index in [1.54, 1.807) is 0 Å². The molecule has 2 aliphatic heterocycles. The van der Waals surface area contributed by atoms with E-state index in [9.17, 15) is 28.8 Å². The molecule has 46 heavy (non-hydrogen) atoms. The van der Waals surface area contributed by atoms with Crippen molar-refractivity contribution in [2.75, 3.05) is 6.61 Å². The van der Waals surface area contributed by atoms with Crippen LogP contribution in [0.4, 0.5) is 0 Å². The molecule has 260 valence electrons. The second kappa shape index (κ2) is 16.7. The Balaban J connectivity index is 2.70. The number of halogens is 3. The van der Waals surface area contributed by atoms with E-state index >= 15 is 0 Å². The average molecular weight is 723 g/mol. The standard InChI is InChI=1S/C26H34Cl3NO16/c1-9-17(39-11(3)32)19(21(42-14(6)35)23(38-9)46-25(30)26(27,28)29)45-24-22(43-15(7)36)20(41-13(5)34)18(40-12(4)33)16(44-24)8-37-10(2)31/h9,16-24,30H,8H2,1-7H3/t9-,16+,17+,18-,19+,20-,21-,22+,23-,24-/m0/s1. The minimum atomic E-state index is -2.38. The van der Waals surface area contributed by atoms with Crippen LogP contribution in [-0.4, -0.2) is 114 Å². The molecule has 0 amide bonds. The van der Waals surface area contributed by atoms with E-state index in [0.29, 0.717) is 0 Å². The summed E-state index contributed by atoms with van der Waals surface area (Å²) < 4.78 is 52.9. The van der Waals surface area contributed by atoms with Crippen LogP contribution in [0.1, 0.15) is 48.5 Å². The van der Waals surface area contributed by atoms with Crippen molar-refractivity contribution in [2.45, 2.75) is 114 Å². The molecule has 1 N–H and O–H groups in total. The van der Waals surface area contributed by atoms with Gasteiger partial charge in [0.25, 0.3) is 3.79 Å². The molecule has 17 nitrogen and oxygen atoms in total. The number of carbonyl (C=O) groups excluding carboxylic acids is 6. The first kappa shape index (κ1) is 39.2. The SMILES string of the molecule is CC(=O)OC[C@H]1O[C@@H](O[C@H]2[C@H](OC(C)=O)[C@H](OC(=N)C(Cl)(Cl)Cl)O[C@@H](C)[C@H]2OC(C)=O)[C@H](OC(C)=O)[C@@H](OC(C)=O)[C@H]1OC(C)=O. The van der Waals surface area contributed by atoms with E-state index in [4.69, 9.17) is 87.6 Å². The van der Waals surface area contributed by atoms with Gasteiger partial charge >= 0.3 is 35.8 Å². The van der Waals surface area contributed by atoms with Crippen LogP contribution in [-0.2, 0) is 76.1 Å². The van der Waals surface area contributed by atoms with Crippen LogP contribution in [0.3, 0.4) is 0 Å². The lowest BCUT2D eigenvalue weighted by Crippen LogP contribution is -2.67. The van der Waals surface area contributed by atoms with Crippen molar-refractivity contribution in [3.8, 4) is 0 Å². The van der Waals surface area contributed by atoms with Gasteiger partial charge in [0, 0.05) is 41.5 Å². The number of hydrogen-bond donors (Lipinski definition) is 1. The molecule has 10 atom stereocenters. The van der Waals surface area contributed by atoms with Crippen molar-refractivity contribution < 1.29 is 76.1 Å². The van der Waals surface area contributed by atoms with Gasteiger partial charge in [-0.2, -0.15) is 0 Å². The largest absolute Gasteiger partial charge is 0.463 e. The second-order valence-electron chi connectivity index (χ2n) is 9.97. The molecule has 0 aromatic heterocycles. The molecule has 0 saturated carbocycles. The van der Waals surface area contributed by atoms with E-state index in [1.807, 2.05) is 0 Å². The Labute approximate surface area is 278 Å². The van der Waals surface area contributed by atoms with Gasteiger partial charge in [-0.3, -0.25) is 34.2 Å². The Hall–Kier alpha value is -2.96. The Kier molecular flexibility index (Phi) is 14.3. The Bertz CT molecular complexity index is 1180. The fraction of sp³-hybridized carbons (Fsp3) is 0.731. The predicted molar refractivity (Wildman–Crippen MR) is 151 cm³/mol. The van der Waals surface area contributed by atoms with Gasteiger partial charge in [-0.25, -0.2) is 0 Å². The monoisotopic (exact) mass is 721 g/mol. The van der Waals surface area contributed by atoms with Crippen LogP contribution in [0.25, 0.3) is 0 Å². The summed E-state index contributed by atoms with van der Waals surface area (Å²) >= 11 is 17.3. The molecule has 2 saturated heterocycles. The van der Waals surface area contributed by atoms with Gasteiger partial charge in [0.1, 0.15) is 18.8 Å². The lowest BCUT2D eigenvalue weighted by Gasteiger charge is -2.48. The van der Waals surface area contributed by atoms with Gasteiger partial charge in [0.15, 0.2) is 36.8 Å². The van der Waals surface area contributed by atoms with Gasteiger partial charge in [-0.1, -0.05) is 34.8 Å². The van der Waals surface area contributed by atoms with Crippen molar-refractivity contribution in [1.29, 1.82) is 5.41 Å². The van der Waals surface area contributed by atoms with Crippen molar-refractivity contribution in [2.24, 2.45) is 0 Å². The van der Waals surface area contributed by atoms with Crippen LogP contribution in [0.2, 0.25) is 0 Å². The summed E-state index contributed by atoms with van der Waals surface area (Å²) in [5, 5.41) is 8.00. The highest BCUT2D eigenvalue weighted by molar-refractivity contribution is 6.76. The maximum atomic E-state index is 12.3. The zero-order valence-electron chi connectivity index (χ0n) is 25.6. The molecule has 0 radical (unpaired) electrons. The summed E-state index contributed by atoms with van der Waals surface area (Å²) in [5.74, 6) is -6.14. The predicted octanol–water partition coefficient (Wildman–Crippen LogP) is 1.43. The topological polar surface area (TPSA) is 219 Å². The normalized spacial score (nSPS) is 31.0. The molecule has 0 unspecified atom stereocenters. The fourth-order valence-corrected chi connectivity index (χ4v) is 4.66. The van der Waals surface area contributed by atoms with E-state index in [-0.39, 0.29) is 0 Å². The van der Waals surface area contributed by atoms with E-state index in [1.165, 1.54) is 6.92 Å². The molecule has 2 aliphatic rings. The maximum absolute atomic E-state index is 12.3. The number of carbonyl (C=O) groups is 6. The number of rotatable bonds is 10. The van der Waals surface area contributed by atoms with Crippen LogP contribution >= 0.6 is 34.8 Å². The highest BCUT2D eigenvalue weighted by Gasteiger charge is 2.57. The molecule has 0 aromatic carbocycles. The lowest BCUT2D eigenvalue weighted by atomic mass is 9.96. The maximum Gasteiger partial charge on any atom is 0.303 e. The Morgan fingerprint density at radius 2 is 1.02 bits per heavy atom. The van der Waals surface area contributed by atoms with Crippen LogP contribution in [0.15, 0.2) is 0 Å². The van der Waals surface area contributed by atoms with Crippen LogP contribution in [0, 0.1) is 5.41 Å². The molecular weight excluding hydrogens is 689 g/mol. The summed E-state index contributed by atoms with van der Waals surface area (Å²) in [5.41, 5.74) is 0. The first-order valence-electron chi connectivity index (χ1n) is 13.5. The number of esters is 6. The number of ether oxygens (including phenoxy) is 10. The van der Waals surface area contributed by atoms with Gasteiger partial charge < -0.3 is 47.4 Å². The first-order valence-corrected chi connectivity index (χ1v) is 14.6. The number of alkyl halides is 3. The molecule has 0 bridgehead atoms. The molecular formula is C26H34Cl3NO16. The first-order chi connectivity index (χ1) is 21.2. The van der Waals surface area contributed by atoms with Crippen molar-refractivity contribution >= 4 is 76.5 Å². The summed E-state index contributed by atoms with van der Waals surface area (Å²) in [6.07, 6.45) is -15.6. The molecule has 0 aliphatic carbocycles. The second-order valence-corrected chi connectivity index (χ2v) is 12.3. The molecule has 0 aromatic rings. The van der Waals surface area contributed by atoms with Gasteiger partial charge in [0.2, 0.25) is 12.2 Å². The molecule has 2 heterocycles. The van der Waals surface area contributed by atoms with Crippen molar-refractivity contribution in [1.82, 2.24) is 0 Å². The summed E-state index contributed by atoms with van der Waals surface area (Å²) in [6.45, 7) is 7.10. The molecule has 0 spiro atoms. The molecule has 2 fully saturated rings. The Morgan fingerprint density at radius 3 is 1.48 bits per heavy atom. The highest BCUT2D eigenvalue weighted by Crippen LogP contribution is 2.37. The zero-order valence-corrected chi connectivity index (χ0v) is 27.9. The smallest absolute Gasteiger partial charge is 0.303 e. The lowest BCUT2D eigenvalue weighted by molar-refractivity contribution is -0.353. The minimum absolute atomic E-state index is 0.575. The van der Waals surface area contributed by atoms with Gasteiger partial charge in [-0.15, -0.1) is 0 Å². The quantitative estimate of drug-likeness (QED) is 0.111. The van der Waals surface area contributed by atoms with Crippen molar-refractivity contribution in [3.05, 3.63) is 0 Å². The average Bonchev–Trinajstić information content (AvgIpc) is 2.88.